The number of anilines is 3. The molecule has 2 aromatic heterocycles. The third-order valence-corrected chi connectivity index (χ3v) is 3.43. The zero-order valence-corrected chi connectivity index (χ0v) is 13.4. The van der Waals surface area contributed by atoms with Gasteiger partial charge in [0.2, 0.25) is 11.3 Å². The quantitative estimate of drug-likeness (QED) is 0.372. The lowest BCUT2D eigenvalue weighted by Gasteiger charge is -2.09. The van der Waals surface area contributed by atoms with Crippen molar-refractivity contribution in [3.63, 3.8) is 0 Å². The number of rotatable bonds is 5. The van der Waals surface area contributed by atoms with E-state index in [1.807, 2.05) is 30.3 Å². The highest BCUT2D eigenvalue weighted by Gasteiger charge is 2.12. The lowest BCUT2D eigenvalue weighted by molar-refractivity contribution is 0.314. The first-order chi connectivity index (χ1) is 12.8. The van der Waals surface area contributed by atoms with Crippen LogP contribution < -0.4 is 10.7 Å². The Morgan fingerprint density at radius 3 is 2.31 bits per heavy atom. The highest BCUT2D eigenvalue weighted by Crippen LogP contribution is 2.23. The summed E-state index contributed by atoms with van der Waals surface area (Å²) in [7, 11) is 0. The summed E-state index contributed by atoms with van der Waals surface area (Å²) < 4.78 is 4.67. The third kappa shape index (κ3) is 3.41. The van der Waals surface area contributed by atoms with Gasteiger partial charge >= 0.3 is 0 Å². The van der Waals surface area contributed by atoms with Gasteiger partial charge in [0.05, 0.1) is 6.21 Å². The van der Waals surface area contributed by atoms with Crippen LogP contribution >= 0.6 is 0 Å². The van der Waals surface area contributed by atoms with Crippen LogP contribution in [-0.4, -0.2) is 31.6 Å². The fraction of sp³-hybridized carbons (Fsp3) is 0. The number of fused-ring (bicyclic) bond motifs is 1. The molecule has 0 aliphatic rings. The van der Waals surface area contributed by atoms with Crippen molar-refractivity contribution in [2.75, 3.05) is 10.7 Å². The van der Waals surface area contributed by atoms with Crippen LogP contribution in [0.25, 0.3) is 11.3 Å². The molecule has 3 N–H and O–H groups in total. The first-order valence-corrected chi connectivity index (χ1v) is 7.68. The van der Waals surface area contributed by atoms with Gasteiger partial charge in [-0.05, 0) is 52.3 Å². The number of phenolic OH excluding ortho intramolecular Hbond substituents is 1. The van der Waals surface area contributed by atoms with E-state index >= 15 is 0 Å². The molecule has 0 saturated heterocycles. The van der Waals surface area contributed by atoms with Crippen molar-refractivity contribution < 1.29 is 9.74 Å². The van der Waals surface area contributed by atoms with Crippen molar-refractivity contribution >= 4 is 34.8 Å². The number of hydrogen-bond donors (Lipinski definition) is 3. The van der Waals surface area contributed by atoms with Gasteiger partial charge in [0.1, 0.15) is 5.75 Å². The van der Waals surface area contributed by atoms with Crippen molar-refractivity contribution in [1.82, 2.24) is 20.3 Å². The molecule has 26 heavy (non-hydrogen) atoms. The lowest BCUT2D eigenvalue weighted by Crippen LogP contribution is -2.03. The summed E-state index contributed by atoms with van der Waals surface area (Å²) in [6, 6.07) is 16.2. The fourth-order valence-electron chi connectivity index (χ4n) is 2.19. The van der Waals surface area contributed by atoms with Crippen LogP contribution in [0.1, 0.15) is 5.56 Å². The summed E-state index contributed by atoms with van der Waals surface area (Å²) >= 11 is 0. The number of hydrogen-bond acceptors (Lipinski definition) is 9. The molecule has 0 aliphatic carbocycles. The summed E-state index contributed by atoms with van der Waals surface area (Å²) in [5.74, 6) is 0.994. The number of benzene rings is 2. The Morgan fingerprint density at radius 2 is 1.58 bits per heavy atom. The Morgan fingerprint density at radius 1 is 0.885 bits per heavy atom. The molecule has 2 aromatic carbocycles. The predicted molar refractivity (Wildman–Crippen MR) is 96.4 cm³/mol. The van der Waals surface area contributed by atoms with Gasteiger partial charge < -0.3 is 10.4 Å². The molecule has 4 aromatic rings. The molecule has 2 heterocycles. The summed E-state index contributed by atoms with van der Waals surface area (Å²) in [6.07, 6.45) is 1.60. The number of nitrogens with one attached hydrogen (secondary N) is 2. The maximum atomic E-state index is 9.31. The summed E-state index contributed by atoms with van der Waals surface area (Å²) in [6.45, 7) is 0. The van der Waals surface area contributed by atoms with Gasteiger partial charge in [-0.1, -0.05) is 18.2 Å². The molecular formula is C17H13N7O2. The average molecular weight is 347 g/mol. The zero-order valence-electron chi connectivity index (χ0n) is 13.4. The number of phenols is 1. The number of para-hydroxylation sites is 1. The van der Waals surface area contributed by atoms with E-state index in [1.165, 1.54) is 0 Å². The van der Waals surface area contributed by atoms with Gasteiger partial charge in [0, 0.05) is 5.69 Å². The van der Waals surface area contributed by atoms with Crippen LogP contribution in [0.3, 0.4) is 0 Å². The number of hydrazone groups is 1. The van der Waals surface area contributed by atoms with Gasteiger partial charge in [-0.3, -0.25) is 5.43 Å². The predicted octanol–water partition coefficient (Wildman–Crippen LogP) is 2.91. The van der Waals surface area contributed by atoms with Gasteiger partial charge in [0.15, 0.2) is 11.6 Å². The van der Waals surface area contributed by atoms with Crippen LogP contribution in [0, 0.1) is 0 Å². The van der Waals surface area contributed by atoms with Crippen LogP contribution in [0.4, 0.5) is 17.3 Å². The van der Waals surface area contributed by atoms with Gasteiger partial charge in [0.25, 0.3) is 0 Å². The first-order valence-electron chi connectivity index (χ1n) is 7.68. The van der Waals surface area contributed by atoms with Crippen molar-refractivity contribution in [3.8, 4) is 5.75 Å². The minimum atomic E-state index is 0.194. The molecular weight excluding hydrogens is 334 g/mol. The molecule has 0 radical (unpaired) electrons. The molecule has 4 rings (SSSR count). The van der Waals surface area contributed by atoms with E-state index in [0.29, 0.717) is 11.6 Å². The molecule has 0 aliphatic heterocycles. The smallest absolute Gasteiger partial charge is 0.245 e. The van der Waals surface area contributed by atoms with Crippen LogP contribution in [-0.2, 0) is 0 Å². The van der Waals surface area contributed by atoms with E-state index in [4.69, 9.17) is 0 Å². The minimum Gasteiger partial charge on any atom is -0.508 e. The van der Waals surface area contributed by atoms with E-state index in [-0.39, 0.29) is 17.0 Å². The summed E-state index contributed by atoms with van der Waals surface area (Å²) in [5.41, 5.74) is 5.04. The lowest BCUT2D eigenvalue weighted by atomic mass is 10.2. The zero-order chi connectivity index (χ0) is 17.8. The van der Waals surface area contributed by atoms with Crippen molar-refractivity contribution in [1.29, 1.82) is 0 Å². The molecule has 0 bridgehead atoms. The van der Waals surface area contributed by atoms with E-state index in [2.05, 4.69) is 40.8 Å². The van der Waals surface area contributed by atoms with Crippen LogP contribution in [0.2, 0.25) is 0 Å². The molecule has 128 valence electrons. The first kappa shape index (κ1) is 15.5. The molecule has 0 amide bonds. The van der Waals surface area contributed by atoms with E-state index < -0.39 is 0 Å². The van der Waals surface area contributed by atoms with Gasteiger partial charge in [-0.2, -0.15) is 10.1 Å². The number of aromatic hydroxyl groups is 1. The molecule has 0 atom stereocenters. The largest absolute Gasteiger partial charge is 0.508 e. The molecule has 0 unspecified atom stereocenters. The minimum absolute atomic E-state index is 0.194. The topological polar surface area (TPSA) is 121 Å². The number of aromatic nitrogens is 4. The Labute approximate surface area is 147 Å². The van der Waals surface area contributed by atoms with Crippen molar-refractivity contribution in [2.24, 2.45) is 5.10 Å². The maximum Gasteiger partial charge on any atom is 0.245 e. The van der Waals surface area contributed by atoms with Crippen LogP contribution in [0.15, 0.2) is 64.3 Å². The number of nitrogens with zero attached hydrogens (tertiary/aromatic N) is 5. The highest BCUT2D eigenvalue weighted by atomic mass is 16.6. The average Bonchev–Trinajstić information content (AvgIpc) is 3.11. The fourth-order valence-corrected chi connectivity index (χ4v) is 2.19. The Balaban J connectivity index is 1.61. The molecule has 9 nitrogen and oxygen atoms in total. The second-order valence-electron chi connectivity index (χ2n) is 5.28. The van der Waals surface area contributed by atoms with Gasteiger partial charge in [-0.15, -0.1) is 0 Å². The standard InChI is InChI=1S/C17H13N7O2/c25-13-8-6-11(7-9-13)10-18-22-15-14(19-12-4-2-1-3-5-12)20-16-17(21-15)24-26-23-16/h1-10,25H,(H,19,20,23)(H,21,22,24). The summed E-state index contributed by atoms with van der Waals surface area (Å²) in [5, 5.41) is 24.0. The van der Waals surface area contributed by atoms with Gasteiger partial charge in [-0.25, -0.2) is 9.61 Å². The van der Waals surface area contributed by atoms with E-state index in [9.17, 15) is 5.11 Å². The van der Waals surface area contributed by atoms with Crippen molar-refractivity contribution in [3.05, 3.63) is 60.2 Å². The maximum absolute atomic E-state index is 9.31. The SMILES string of the molecule is Oc1ccc(C=NNc2nc3nonc3nc2Nc2ccccc2)cc1. The van der Waals surface area contributed by atoms with Crippen LogP contribution in [0.5, 0.6) is 5.75 Å². The Kier molecular flexibility index (Phi) is 4.09. The molecule has 0 fully saturated rings. The second-order valence-corrected chi connectivity index (χ2v) is 5.28. The summed E-state index contributed by atoms with van der Waals surface area (Å²) in [4.78, 5) is 8.68. The van der Waals surface area contributed by atoms with E-state index in [0.717, 1.165) is 11.3 Å². The Bertz CT molecular complexity index is 1050. The molecule has 9 heteroatoms. The third-order valence-electron chi connectivity index (χ3n) is 3.43. The Hall–Kier alpha value is -4.01. The molecule has 0 saturated carbocycles. The van der Waals surface area contributed by atoms with Crippen molar-refractivity contribution in [2.45, 2.75) is 0 Å². The monoisotopic (exact) mass is 347 g/mol. The van der Waals surface area contributed by atoms with E-state index in [1.54, 1.807) is 30.5 Å². The highest BCUT2D eigenvalue weighted by molar-refractivity contribution is 5.81. The molecule has 0 spiro atoms. The second kappa shape index (κ2) is 6.85. The normalized spacial score (nSPS) is 11.1.